The molecule has 3 aliphatic rings. The zero-order chi connectivity index (χ0) is 15.5. The maximum absolute atomic E-state index is 10.2. The minimum Gasteiger partial charge on any atom is -0.508 e. The maximum Gasteiger partial charge on any atom is 0.115 e. The van der Waals surface area contributed by atoms with Crippen LogP contribution in [0.4, 0.5) is 0 Å². The second-order valence-corrected chi connectivity index (χ2v) is 7.86. The van der Waals surface area contributed by atoms with Crippen molar-refractivity contribution >= 4 is 0 Å². The molecule has 1 fully saturated rings. The van der Waals surface area contributed by atoms with Gasteiger partial charge in [0.25, 0.3) is 0 Å². The van der Waals surface area contributed by atoms with Gasteiger partial charge in [0, 0.05) is 5.41 Å². The number of allylic oxidation sites excluding steroid dienone is 1. The number of aliphatic hydroxyl groups excluding tert-OH is 1. The van der Waals surface area contributed by atoms with Gasteiger partial charge in [0.15, 0.2) is 0 Å². The third-order valence-electron chi connectivity index (χ3n) is 6.75. The van der Waals surface area contributed by atoms with E-state index in [4.69, 9.17) is 0 Å². The lowest BCUT2D eigenvalue weighted by Crippen LogP contribution is -2.40. The van der Waals surface area contributed by atoms with Crippen LogP contribution in [0.1, 0.15) is 63.5 Å². The first kappa shape index (κ1) is 14.3. The van der Waals surface area contributed by atoms with Crippen LogP contribution < -0.4 is 0 Å². The van der Waals surface area contributed by atoms with E-state index in [2.05, 4.69) is 19.9 Å². The van der Waals surface area contributed by atoms with Crippen LogP contribution in [0.25, 0.3) is 0 Å². The van der Waals surface area contributed by atoms with Crippen molar-refractivity contribution < 1.29 is 10.2 Å². The normalized spacial score (nSPS) is 36.8. The fraction of sp³-hybridized carbons (Fsp3) is 0.600. The summed E-state index contributed by atoms with van der Waals surface area (Å²) in [5, 5.41) is 20.1. The minimum atomic E-state index is -0.152. The lowest BCUT2D eigenvalue weighted by Gasteiger charge is -2.49. The Labute approximate surface area is 132 Å². The lowest BCUT2D eigenvalue weighted by molar-refractivity contribution is 0.155. The minimum absolute atomic E-state index is 0.152. The van der Waals surface area contributed by atoms with Gasteiger partial charge in [-0.2, -0.15) is 0 Å². The molecular weight excluding hydrogens is 272 g/mol. The molecule has 0 aliphatic heterocycles. The summed E-state index contributed by atoms with van der Waals surface area (Å²) >= 11 is 0. The number of phenols is 1. The fourth-order valence-electron chi connectivity index (χ4n) is 5.65. The van der Waals surface area contributed by atoms with Crippen LogP contribution in [0.3, 0.4) is 0 Å². The monoisotopic (exact) mass is 298 g/mol. The smallest absolute Gasteiger partial charge is 0.115 e. The van der Waals surface area contributed by atoms with Gasteiger partial charge in [-0.15, -0.1) is 0 Å². The molecule has 0 heterocycles. The van der Waals surface area contributed by atoms with Crippen LogP contribution >= 0.6 is 0 Å². The zero-order valence-electron chi connectivity index (χ0n) is 13.7. The molecule has 1 aromatic rings. The molecule has 0 saturated heterocycles. The Morgan fingerprint density at radius 2 is 2.00 bits per heavy atom. The number of aryl methyl sites for hydroxylation is 1. The van der Waals surface area contributed by atoms with Gasteiger partial charge in [0.2, 0.25) is 0 Å². The van der Waals surface area contributed by atoms with Crippen molar-refractivity contribution in [2.75, 3.05) is 0 Å². The Kier molecular flexibility index (Phi) is 3.00. The van der Waals surface area contributed by atoms with Crippen molar-refractivity contribution in [2.45, 2.75) is 70.3 Å². The molecule has 2 heteroatoms. The fourth-order valence-corrected chi connectivity index (χ4v) is 5.65. The molecule has 0 spiro atoms. The number of rotatable bonds is 1. The van der Waals surface area contributed by atoms with Gasteiger partial charge in [-0.1, -0.05) is 31.1 Å². The number of hydrogen-bond donors (Lipinski definition) is 2. The van der Waals surface area contributed by atoms with E-state index in [1.54, 1.807) is 11.1 Å². The Morgan fingerprint density at radius 1 is 1.18 bits per heavy atom. The van der Waals surface area contributed by atoms with Gasteiger partial charge >= 0.3 is 0 Å². The maximum atomic E-state index is 10.2. The summed E-state index contributed by atoms with van der Waals surface area (Å²) in [4.78, 5) is 0. The van der Waals surface area contributed by atoms with Gasteiger partial charge in [0.05, 0.1) is 6.10 Å². The standard InChI is InChI=1S/C20H26O2/c1-3-20-9-8-19(2)12-15(22)11-18(19)17(20)6-4-13-10-14(21)5-7-16(13)20/h5,7,10,15,21-22H,3-4,6,8-9,11-12H2,1-2H3/t15-,19-,20-/m0/s1. The van der Waals surface area contributed by atoms with Crippen molar-refractivity contribution in [3.63, 3.8) is 0 Å². The Morgan fingerprint density at radius 3 is 2.77 bits per heavy atom. The topological polar surface area (TPSA) is 40.5 Å². The molecule has 0 aromatic heterocycles. The zero-order valence-corrected chi connectivity index (χ0v) is 13.7. The van der Waals surface area contributed by atoms with E-state index in [1.807, 2.05) is 12.1 Å². The van der Waals surface area contributed by atoms with Crippen LogP contribution in [0.5, 0.6) is 5.75 Å². The van der Waals surface area contributed by atoms with Crippen molar-refractivity contribution in [2.24, 2.45) is 5.41 Å². The van der Waals surface area contributed by atoms with Crippen molar-refractivity contribution in [1.82, 2.24) is 0 Å². The molecule has 0 bridgehead atoms. The molecule has 118 valence electrons. The summed E-state index contributed by atoms with van der Waals surface area (Å²) < 4.78 is 0. The Balaban J connectivity index is 1.93. The summed E-state index contributed by atoms with van der Waals surface area (Å²) in [5.74, 6) is 0.387. The van der Waals surface area contributed by atoms with Crippen LogP contribution in [0.15, 0.2) is 29.3 Å². The third kappa shape index (κ3) is 1.76. The van der Waals surface area contributed by atoms with E-state index in [1.165, 1.54) is 24.0 Å². The van der Waals surface area contributed by atoms with Gasteiger partial charge in [0.1, 0.15) is 5.75 Å². The Bertz CT molecular complexity index is 660. The van der Waals surface area contributed by atoms with Crippen molar-refractivity contribution in [3.05, 3.63) is 40.5 Å². The molecule has 0 amide bonds. The van der Waals surface area contributed by atoms with Gasteiger partial charge in [-0.05, 0) is 73.6 Å². The molecule has 1 aromatic carbocycles. The number of aromatic hydroxyl groups is 1. The SMILES string of the molecule is CC[C@@]12CC[C@@]3(C)C[C@@H](O)CC3=C1CCc1cc(O)ccc12. The number of hydrogen-bond acceptors (Lipinski definition) is 2. The lowest BCUT2D eigenvalue weighted by atomic mass is 9.55. The molecule has 2 nitrogen and oxygen atoms in total. The highest BCUT2D eigenvalue weighted by Gasteiger charge is 2.51. The van der Waals surface area contributed by atoms with Gasteiger partial charge in [-0.3, -0.25) is 0 Å². The second-order valence-electron chi connectivity index (χ2n) is 7.86. The van der Waals surface area contributed by atoms with Crippen LogP contribution in [-0.4, -0.2) is 16.3 Å². The summed E-state index contributed by atoms with van der Waals surface area (Å²) in [7, 11) is 0. The average molecular weight is 298 g/mol. The van der Waals surface area contributed by atoms with E-state index in [0.29, 0.717) is 5.75 Å². The van der Waals surface area contributed by atoms with Crippen LogP contribution in [0.2, 0.25) is 0 Å². The highest BCUT2D eigenvalue weighted by molar-refractivity contribution is 5.52. The first-order valence-corrected chi connectivity index (χ1v) is 8.72. The number of fused-ring (bicyclic) bond motifs is 4. The number of phenolic OH excluding ortho intramolecular Hbond substituents is 1. The summed E-state index contributed by atoms with van der Waals surface area (Å²) in [6.07, 6.45) is 7.27. The van der Waals surface area contributed by atoms with E-state index in [0.717, 1.165) is 32.1 Å². The highest BCUT2D eigenvalue weighted by atomic mass is 16.3. The van der Waals surface area contributed by atoms with Gasteiger partial charge < -0.3 is 10.2 Å². The molecule has 2 N–H and O–H groups in total. The predicted molar refractivity (Wildman–Crippen MR) is 88.0 cm³/mol. The second kappa shape index (κ2) is 4.61. The first-order chi connectivity index (χ1) is 10.5. The van der Waals surface area contributed by atoms with Crippen LogP contribution in [0, 0.1) is 5.41 Å². The van der Waals surface area contributed by atoms with Gasteiger partial charge in [-0.25, -0.2) is 0 Å². The largest absolute Gasteiger partial charge is 0.508 e. The molecule has 1 saturated carbocycles. The van der Waals surface area contributed by atoms with Crippen molar-refractivity contribution in [3.8, 4) is 5.75 Å². The predicted octanol–water partition coefficient (Wildman–Crippen LogP) is 4.24. The van der Waals surface area contributed by atoms with E-state index < -0.39 is 0 Å². The average Bonchev–Trinajstić information content (AvgIpc) is 2.80. The highest BCUT2D eigenvalue weighted by Crippen LogP contribution is 2.60. The van der Waals surface area contributed by atoms with E-state index in [-0.39, 0.29) is 16.9 Å². The summed E-state index contributed by atoms with van der Waals surface area (Å²) in [6.45, 7) is 4.66. The number of aliphatic hydroxyl groups is 1. The molecule has 3 atom stereocenters. The van der Waals surface area contributed by atoms with E-state index >= 15 is 0 Å². The number of benzene rings is 1. The van der Waals surface area contributed by atoms with Crippen molar-refractivity contribution in [1.29, 1.82) is 0 Å². The quantitative estimate of drug-likeness (QED) is 0.761. The molecule has 22 heavy (non-hydrogen) atoms. The first-order valence-electron chi connectivity index (χ1n) is 8.72. The molecule has 0 radical (unpaired) electrons. The molecule has 4 rings (SSSR count). The molecule has 0 unspecified atom stereocenters. The third-order valence-corrected chi connectivity index (χ3v) is 6.75. The molecule has 3 aliphatic carbocycles. The Hall–Kier alpha value is -1.28. The summed E-state index contributed by atoms with van der Waals surface area (Å²) in [5.41, 5.74) is 6.32. The molecular formula is C20H26O2. The van der Waals surface area contributed by atoms with E-state index in [9.17, 15) is 10.2 Å². The van der Waals surface area contributed by atoms with Crippen LogP contribution in [-0.2, 0) is 11.8 Å². The summed E-state index contributed by atoms with van der Waals surface area (Å²) in [6, 6.07) is 5.97.